The molecule has 2 aromatic rings. The van der Waals surface area contributed by atoms with Gasteiger partial charge in [0.2, 0.25) is 0 Å². The Morgan fingerprint density at radius 1 is 1.14 bits per heavy atom. The smallest absolute Gasteiger partial charge is 0.261 e. The summed E-state index contributed by atoms with van der Waals surface area (Å²) in [6, 6.07) is 14.6. The molecule has 0 unspecified atom stereocenters. The van der Waals surface area contributed by atoms with Crippen LogP contribution in [0.4, 0.5) is 0 Å². The highest BCUT2D eigenvalue weighted by molar-refractivity contribution is 6.42. The number of nitrogens with one attached hydrogen (secondary N) is 1. The quantitative estimate of drug-likeness (QED) is 0.900. The van der Waals surface area contributed by atoms with Gasteiger partial charge >= 0.3 is 0 Å². The van der Waals surface area contributed by atoms with Crippen molar-refractivity contribution in [3.05, 3.63) is 64.1 Å². The number of amides is 1. The third-order valence-electron chi connectivity index (χ3n) is 2.88. The highest BCUT2D eigenvalue weighted by atomic mass is 35.5. The summed E-state index contributed by atoms with van der Waals surface area (Å²) in [4.78, 5) is 12.0. The van der Waals surface area contributed by atoms with Gasteiger partial charge in [0.05, 0.1) is 10.0 Å². The summed E-state index contributed by atoms with van der Waals surface area (Å²) in [5.41, 5.74) is 1.03. The molecule has 110 valence electrons. The largest absolute Gasteiger partial charge is 0.481 e. The van der Waals surface area contributed by atoms with Gasteiger partial charge in [0, 0.05) is 12.6 Å². The summed E-state index contributed by atoms with van der Waals surface area (Å²) >= 11 is 11.7. The van der Waals surface area contributed by atoms with E-state index in [4.69, 9.17) is 27.9 Å². The van der Waals surface area contributed by atoms with Crippen LogP contribution in [0.15, 0.2) is 48.5 Å². The summed E-state index contributed by atoms with van der Waals surface area (Å²) in [6.07, 6.45) is -0.619. The molecule has 1 atom stereocenters. The van der Waals surface area contributed by atoms with Crippen molar-refractivity contribution in [2.75, 3.05) is 0 Å². The summed E-state index contributed by atoms with van der Waals surface area (Å²) in [7, 11) is 0. The molecule has 1 amide bonds. The zero-order valence-corrected chi connectivity index (χ0v) is 13.0. The van der Waals surface area contributed by atoms with Gasteiger partial charge in [-0.3, -0.25) is 4.79 Å². The zero-order valence-electron chi connectivity index (χ0n) is 11.5. The standard InChI is InChI=1S/C16H15Cl2NO2/c1-11(21-13-7-8-14(17)15(18)9-13)16(20)19-10-12-5-3-2-4-6-12/h2-9,11H,10H2,1H3,(H,19,20)/t11-/m0/s1. The molecule has 1 N–H and O–H groups in total. The highest BCUT2D eigenvalue weighted by Crippen LogP contribution is 2.26. The zero-order chi connectivity index (χ0) is 15.2. The predicted octanol–water partition coefficient (Wildman–Crippen LogP) is 4.08. The van der Waals surface area contributed by atoms with Gasteiger partial charge < -0.3 is 10.1 Å². The molecule has 0 bridgehead atoms. The molecule has 0 spiro atoms. The van der Waals surface area contributed by atoms with E-state index in [0.717, 1.165) is 5.56 Å². The Balaban J connectivity index is 1.88. The van der Waals surface area contributed by atoms with E-state index in [0.29, 0.717) is 22.3 Å². The second kappa shape index (κ2) is 7.34. The molecule has 0 aromatic heterocycles. The highest BCUT2D eigenvalue weighted by Gasteiger charge is 2.14. The van der Waals surface area contributed by atoms with Crippen LogP contribution in [0.25, 0.3) is 0 Å². The van der Waals surface area contributed by atoms with Crippen LogP contribution in [0.3, 0.4) is 0 Å². The third-order valence-corrected chi connectivity index (χ3v) is 3.62. The van der Waals surface area contributed by atoms with Crippen LogP contribution in [0.2, 0.25) is 10.0 Å². The number of carbonyl (C=O) groups is 1. The first-order valence-electron chi connectivity index (χ1n) is 6.49. The van der Waals surface area contributed by atoms with E-state index in [9.17, 15) is 4.79 Å². The van der Waals surface area contributed by atoms with E-state index in [-0.39, 0.29) is 5.91 Å². The topological polar surface area (TPSA) is 38.3 Å². The van der Waals surface area contributed by atoms with E-state index >= 15 is 0 Å². The minimum atomic E-state index is -0.619. The van der Waals surface area contributed by atoms with Crippen molar-refractivity contribution in [2.45, 2.75) is 19.6 Å². The number of benzene rings is 2. The first-order valence-corrected chi connectivity index (χ1v) is 7.25. The summed E-state index contributed by atoms with van der Waals surface area (Å²) in [5.74, 6) is 0.316. The van der Waals surface area contributed by atoms with Crippen LogP contribution in [0.5, 0.6) is 5.75 Å². The second-order valence-electron chi connectivity index (χ2n) is 4.54. The van der Waals surface area contributed by atoms with E-state index in [1.54, 1.807) is 25.1 Å². The van der Waals surface area contributed by atoms with Gasteiger partial charge in [-0.25, -0.2) is 0 Å². The molecule has 0 heterocycles. The average molecular weight is 324 g/mol. The molecule has 0 saturated carbocycles. The Hall–Kier alpha value is -1.71. The maximum absolute atomic E-state index is 12.0. The molecule has 21 heavy (non-hydrogen) atoms. The SMILES string of the molecule is C[C@H](Oc1ccc(Cl)c(Cl)c1)C(=O)NCc1ccccc1. The molecule has 0 fully saturated rings. The molecular weight excluding hydrogens is 309 g/mol. The fourth-order valence-corrected chi connectivity index (χ4v) is 2.02. The van der Waals surface area contributed by atoms with Gasteiger partial charge in [0.25, 0.3) is 5.91 Å². The molecule has 0 aliphatic carbocycles. The van der Waals surface area contributed by atoms with Crippen LogP contribution < -0.4 is 10.1 Å². The van der Waals surface area contributed by atoms with Gasteiger partial charge in [-0.2, -0.15) is 0 Å². The number of halogens is 2. The summed E-state index contributed by atoms with van der Waals surface area (Å²) < 4.78 is 5.55. The first-order chi connectivity index (χ1) is 10.1. The average Bonchev–Trinajstić information content (AvgIpc) is 2.49. The normalized spacial score (nSPS) is 11.8. The lowest BCUT2D eigenvalue weighted by molar-refractivity contribution is -0.127. The number of carbonyl (C=O) groups excluding carboxylic acids is 1. The Kier molecular flexibility index (Phi) is 5.48. The van der Waals surface area contributed by atoms with Crippen molar-refractivity contribution in [3.8, 4) is 5.75 Å². The Labute approximate surface area is 133 Å². The van der Waals surface area contributed by atoms with E-state index in [2.05, 4.69) is 5.32 Å². The van der Waals surface area contributed by atoms with E-state index in [1.807, 2.05) is 30.3 Å². The van der Waals surface area contributed by atoms with Crippen LogP contribution in [-0.2, 0) is 11.3 Å². The second-order valence-corrected chi connectivity index (χ2v) is 5.35. The third kappa shape index (κ3) is 4.66. The number of hydrogen-bond donors (Lipinski definition) is 1. The Morgan fingerprint density at radius 3 is 2.52 bits per heavy atom. The lowest BCUT2D eigenvalue weighted by Crippen LogP contribution is -2.35. The number of rotatable bonds is 5. The van der Waals surface area contributed by atoms with Gasteiger partial charge in [-0.15, -0.1) is 0 Å². The fourth-order valence-electron chi connectivity index (χ4n) is 1.74. The molecule has 0 aliphatic heterocycles. The Morgan fingerprint density at radius 2 is 1.86 bits per heavy atom. The summed E-state index contributed by atoms with van der Waals surface area (Å²) in [5, 5.41) is 3.67. The van der Waals surface area contributed by atoms with Crippen LogP contribution >= 0.6 is 23.2 Å². The maximum atomic E-state index is 12.0. The fraction of sp³-hybridized carbons (Fsp3) is 0.188. The van der Waals surface area contributed by atoms with Crippen molar-refractivity contribution in [1.82, 2.24) is 5.32 Å². The van der Waals surface area contributed by atoms with Crippen molar-refractivity contribution in [2.24, 2.45) is 0 Å². The summed E-state index contributed by atoms with van der Waals surface area (Å²) in [6.45, 7) is 2.15. The van der Waals surface area contributed by atoms with Crippen molar-refractivity contribution < 1.29 is 9.53 Å². The van der Waals surface area contributed by atoms with Gasteiger partial charge in [-0.1, -0.05) is 53.5 Å². The van der Waals surface area contributed by atoms with Crippen LogP contribution in [-0.4, -0.2) is 12.0 Å². The van der Waals surface area contributed by atoms with Gasteiger partial charge in [0.1, 0.15) is 5.75 Å². The minimum Gasteiger partial charge on any atom is -0.481 e. The van der Waals surface area contributed by atoms with Gasteiger partial charge in [-0.05, 0) is 24.6 Å². The molecule has 0 radical (unpaired) electrons. The van der Waals surface area contributed by atoms with E-state index in [1.165, 1.54) is 0 Å². The number of hydrogen-bond acceptors (Lipinski definition) is 2. The molecular formula is C16H15Cl2NO2. The number of ether oxygens (including phenoxy) is 1. The molecule has 5 heteroatoms. The molecule has 2 aromatic carbocycles. The maximum Gasteiger partial charge on any atom is 0.261 e. The molecule has 0 aliphatic rings. The molecule has 0 saturated heterocycles. The lowest BCUT2D eigenvalue weighted by atomic mass is 10.2. The Bertz CT molecular complexity index is 617. The van der Waals surface area contributed by atoms with Crippen LogP contribution in [0.1, 0.15) is 12.5 Å². The van der Waals surface area contributed by atoms with Crippen molar-refractivity contribution >= 4 is 29.1 Å². The molecule has 2 rings (SSSR count). The van der Waals surface area contributed by atoms with Crippen molar-refractivity contribution in [3.63, 3.8) is 0 Å². The van der Waals surface area contributed by atoms with E-state index < -0.39 is 6.10 Å². The van der Waals surface area contributed by atoms with Crippen molar-refractivity contribution in [1.29, 1.82) is 0 Å². The monoisotopic (exact) mass is 323 g/mol. The minimum absolute atomic E-state index is 0.190. The lowest BCUT2D eigenvalue weighted by Gasteiger charge is -2.15. The molecule has 3 nitrogen and oxygen atoms in total. The predicted molar refractivity (Wildman–Crippen MR) is 84.8 cm³/mol. The van der Waals surface area contributed by atoms with Gasteiger partial charge in [0.15, 0.2) is 6.10 Å². The first kappa shape index (κ1) is 15.7. The van der Waals surface area contributed by atoms with Crippen LogP contribution in [0, 0.1) is 0 Å².